The highest BCUT2D eigenvalue weighted by Gasteiger charge is 2.04. The number of ketones is 1. The molecule has 0 amide bonds. The molecule has 0 saturated carbocycles. The minimum absolute atomic E-state index is 0.297. The minimum atomic E-state index is 0.297. The van der Waals surface area contributed by atoms with E-state index in [0.717, 1.165) is 23.0 Å². The molecule has 0 radical (unpaired) electrons. The lowest BCUT2D eigenvalue weighted by Crippen LogP contribution is -2.03. The summed E-state index contributed by atoms with van der Waals surface area (Å²) in [5, 5.41) is 0. The second-order valence-corrected chi connectivity index (χ2v) is 4.91. The van der Waals surface area contributed by atoms with Crippen LogP contribution in [-0.2, 0) is 11.2 Å². The molecule has 0 spiro atoms. The SMILES string of the molecule is CCCCCCC(=O)Cc1ccc(Br)cn1. The number of hydrogen-bond acceptors (Lipinski definition) is 2. The van der Waals surface area contributed by atoms with E-state index in [0.29, 0.717) is 18.6 Å². The third-order valence-corrected chi connectivity index (χ3v) is 2.95. The molecule has 1 aromatic rings. The van der Waals surface area contributed by atoms with Crippen molar-refractivity contribution >= 4 is 21.7 Å². The number of halogens is 1. The van der Waals surface area contributed by atoms with E-state index in [1.54, 1.807) is 6.20 Å². The van der Waals surface area contributed by atoms with Crippen molar-refractivity contribution in [3.63, 3.8) is 0 Å². The van der Waals surface area contributed by atoms with Crippen molar-refractivity contribution in [2.45, 2.75) is 45.4 Å². The lowest BCUT2D eigenvalue weighted by Gasteiger charge is -2.01. The van der Waals surface area contributed by atoms with E-state index in [9.17, 15) is 4.79 Å². The van der Waals surface area contributed by atoms with E-state index >= 15 is 0 Å². The number of carbonyl (C=O) groups is 1. The summed E-state index contributed by atoms with van der Waals surface area (Å²) in [6.07, 6.45) is 7.52. The Bertz CT molecular complexity index is 321. The average Bonchev–Trinajstić information content (AvgIpc) is 2.28. The highest BCUT2D eigenvalue weighted by atomic mass is 79.9. The van der Waals surface area contributed by atoms with Crippen LogP contribution in [-0.4, -0.2) is 10.8 Å². The van der Waals surface area contributed by atoms with Gasteiger partial charge in [0.1, 0.15) is 5.78 Å². The Morgan fingerprint density at radius 3 is 2.75 bits per heavy atom. The molecular formula is C13H18BrNO. The Balaban J connectivity index is 2.26. The van der Waals surface area contributed by atoms with Gasteiger partial charge in [-0.2, -0.15) is 0 Å². The zero-order valence-corrected chi connectivity index (χ0v) is 11.3. The Labute approximate surface area is 106 Å². The van der Waals surface area contributed by atoms with Crippen LogP contribution in [0.3, 0.4) is 0 Å². The van der Waals surface area contributed by atoms with Gasteiger partial charge in [-0.1, -0.05) is 26.2 Å². The van der Waals surface area contributed by atoms with E-state index in [1.807, 2.05) is 12.1 Å². The van der Waals surface area contributed by atoms with Crippen LogP contribution in [0.5, 0.6) is 0 Å². The monoisotopic (exact) mass is 283 g/mol. The topological polar surface area (TPSA) is 30.0 Å². The number of rotatable bonds is 7. The summed E-state index contributed by atoms with van der Waals surface area (Å²) in [4.78, 5) is 15.8. The first-order valence-corrected chi connectivity index (χ1v) is 6.64. The normalized spacial score (nSPS) is 10.4. The molecule has 0 atom stereocenters. The number of pyridine rings is 1. The van der Waals surface area contributed by atoms with Crippen molar-refractivity contribution in [3.8, 4) is 0 Å². The Morgan fingerprint density at radius 2 is 2.12 bits per heavy atom. The van der Waals surface area contributed by atoms with Gasteiger partial charge in [-0.3, -0.25) is 9.78 Å². The summed E-state index contributed by atoms with van der Waals surface area (Å²) in [6.45, 7) is 2.17. The van der Waals surface area contributed by atoms with Crippen molar-refractivity contribution in [2.75, 3.05) is 0 Å². The first-order valence-electron chi connectivity index (χ1n) is 5.84. The van der Waals surface area contributed by atoms with Crippen LogP contribution in [0.15, 0.2) is 22.8 Å². The average molecular weight is 284 g/mol. The van der Waals surface area contributed by atoms with Crippen LogP contribution in [0.25, 0.3) is 0 Å². The van der Waals surface area contributed by atoms with Gasteiger partial charge in [-0.25, -0.2) is 0 Å². The third kappa shape index (κ3) is 5.40. The molecule has 0 bridgehead atoms. The molecule has 0 aliphatic carbocycles. The fourth-order valence-electron chi connectivity index (χ4n) is 1.55. The first kappa shape index (κ1) is 13.4. The maximum atomic E-state index is 11.6. The van der Waals surface area contributed by atoms with Gasteiger partial charge in [0.2, 0.25) is 0 Å². The molecule has 2 nitrogen and oxygen atoms in total. The number of aromatic nitrogens is 1. The number of carbonyl (C=O) groups excluding carboxylic acids is 1. The van der Waals surface area contributed by atoms with Gasteiger partial charge in [0, 0.05) is 29.2 Å². The highest BCUT2D eigenvalue weighted by Crippen LogP contribution is 2.09. The molecule has 3 heteroatoms. The van der Waals surface area contributed by atoms with Crippen LogP contribution < -0.4 is 0 Å². The summed E-state index contributed by atoms with van der Waals surface area (Å²) in [5.41, 5.74) is 0.865. The van der Waals surface area contributed by atoms with Gasteiger partial charge < -0.3 is 0 Å². The molecular weight excluding hydrogens is 266 g/mol. The van der Waals surface area contributed by atoms with Crippen molar-refractivity contribution in [3.05, 3.63) is 28.5 Å². The molecule has 1 rings (SSSR count). The second kappa shape index (κ2) is 7.55. The Morgan fingerprint density at radius 1 is 1.31 bits per heavy atom. The van der Waals surface area contributed by atoms with Gasteiger partial charge in [0.15, 0.2) is 0 Å². The van der Waals surface area contributed by atoms with E-state index < -0.39 is 0 Å². The lowest BCUT2D eigenvalue weighted by atomic mass is 10.1. The summed E-state index contributed by atoms with van der Waals surface area (Å²) in [5.74, 6) is 0.297. The molecule has 0 aromatic carbocycles. The minimum Gasteiger partial charge on any atom is -0.299 e. The van der Waals surface area contributed by atoms with Gasteiger partial charge in [-0.15, -0.1) is 0 Å². The van der Waals surface area contributed by atoms with Crippen LogP contribution in [0.1, 0.15) is 44.7 Å². The van der Waals surface area contributed by atoms with E-state index in [1.165, 1.54) is 12.8 Å². The van der Waals surface area contributed by atoms with Crippen molar-refractivity contribution < 1.29 is 4.79 Å². The van der Waals surface area contributed by atoms with E-state index in [4.69, 9.17) is 0 Å². The quantitative estimate of drug-likeness (QED) is 0.710. The van der Waals surface area contributed by atoms with Gasteiger partial charge in [-0.05, 0) is 34.5 Å². The molecule has 0 unspecified atom stereocenters. The maximum Gasteiger partial charge on any atom is 0.138 e. The zero-order valence-electron chi connectivity index (χ0n) is 9.71. The molecule has 88 valence electrons. The summed E-state index contributed by atoms with van der Waals surface area (Å²) in [6, 6.07) is 3.82. The molecule has 1 aromatic heterocycles. The molecule has 0 N–H and O–H groups in total. The van der Waals surface area contributed by atoms with Crippen molar-refractivity contribution in [1.82, 2.24) is 4.98 Å². The largest absolute Gasteiger partial charge is 0.299 e. The van der Waals surface area contributed by atoms with Gasteiger partial charge in [0.25, 0.3) is 0 Å². The van der Waals surface area contributed by atoms with E-state index in [-0.39, 0.29) is 0 Å². The van der Waals surface area contributed by atoms with Gasteiger partial charge in [0.05, 0.1) is 0 Å². The van der Waals surface area contributed by atoms with Crippen LogP contribution >= 0.6 is 15.9 Å². The smallest absolute Gasteiger partial charge is 0.138 e. The van der Waals surface area contributed by atoms with Crippen LogP contribution in [0.4, 0.5) is 0 Å². The third-order valence-electron chi connectivity index (χ3n) is 2.48. The molecule has 0 fully saturated rings. The summed E-state index contributed by atoms with van der Waals surface area (Å²) >= 11 is 3.32. The van der Waals surface area contributed by atoms with Gasteiger partial charge >= 0.3 is 0 Å². The standard InChI is InChI=1S/C13H18BrNO/c1-2-3-4-5-6-13(16)9-12-8-7-11(14)10-15-12/h7-8,10H,2-6,9H2,1H3. The van der Waals surface area contributed by atoms with Crippen molar-refractivity contribution in [2.24, 2.45) is 0 Å². The predicted molar refractivity (Wildman–Crippen MR) is 69.4 cm³/mol. The fraction of sp³-hybridized carbons (Fsp3) is 0.538. The first-order chi connectivity index (χ1) is 7.72. The zero-order chi connectivity index (χ0) is 11.8. The summed E-state index contributed by atoms with van der Waals surface area (Å²) < 4.78 is 0.951. The van der Waals surface area contributed by atoms with Crippen molar-refractivity contribution in [1.29, 1.82) is 0 Å². The lowest BCUT2D eigenvalue weighted by molar-refractivity contribution is -0.118. The van der Waals surface area contributed by atoms with E-state index in [2.05, 4.69) is 27.8 Å². The maximum absolute atomic E-state index is 11.6. The van der Waals surface area contributed by atoms with Crippen LogP contribution in [0, 0.1) is 0 Å². The molecule has 0 aliphatic heterocycles. The molecule has 1 heterocycles. The highest BCUT2D eigenvalue weighted by molar-refractivity contribution is 9.10. The molecule has 0 aliphatic rings. The molecule has 0 saturated heterocycles. The molecule has 16 heavy (non-hydrogen) atoms. The number of nitrogens with zero attached hydrogens (tertiary/aromatic N) is 1. The van der Waals surface area contributed by atoms with Crippen LogP contribution in [0.2, 0.25) is 0 Å². The Kier molecular flexibility index (Phi) is 6.31. The second-order valence-electron chi connectivity index (χ2n) is 3.99. The summed E-state index contributed by atoms with van der Waals surface area (Å²) in [7, 11) is 0. The Hall–Kier alpha value is -0.700. The number of hydrogen-bond donors (Lipinski definition) is 0. The number of Topliss-reactive ketones (excluding diaryl/α,β-unsaturated/α-hetero) is 1. The fourth-order valence-corrected chi connectivity index (χ4v) is 1.78. The number of unbranched alkanes of at least 4 members (excludes halogenated alkanes) is 3. The predicted octanol–water partition coefficient (Wildman–Crippen LogP) is 3.93.